The van der Waals surface area contributed by atoms with E-state index < -0.39 is 5.82 Å². The van der Waals surface area contributed by atoms with Gasteiger partial charge in [0.05, 0.1) is 6.42 Å². The normalized spacial score (nSPS) is 14.8. The molecule has 1 fully saturated rings. The number of nitrogens with zero attached hydrogens (tertiary/aromatic N) is 2. The van der Waals surface area contributed by atoms with Gasteiger partial charge < -0.3 is 15.5 Å². The zero-order valence-corrected chi connectivity index (χ0v) is 14.5. The third kappa shape index (κ3) is 4.39. The highest BCUT2D eigenvalue weighted by atomic mass is 19.1. The molecule has 1 saturated heterocycles. The fraction of sp³-hybridized carbons (Fsp3) is 0.300. The van der Waals surface area contributed by atoms with Gasteiger partial charge in [0, 0.05) is 37.4 Å². The van der Waals surface area contributed by atoms with Crippen molar-refractivity contribution in [1.82, 2.24) is 9.80 Å². The van der Waals surface area contributed by atoms with Crippen molar-refractivity contribution < 1.29 is 14.0 Å². The van der Waals surface area contributed by atoms with Crippen molar-refractivity contribution in [2.24, 2.45) is 0 Å². The zero-order chi connectivity index (χ0) is 18.5. The lowest BCUT2D eigenvalue weighted by molar-refractivity contribution is -0.130. The second kappa shape index (κ2) is 7.99. The Balaban J connectivity index is 1.59. The van der Waals surface area contributed by atoms with Gasteiger partial charge >= 0.3 is 0 Å². The second-order valence-corrected chi connectivity index (χ2v) is 6.46. The molecule has 2 amide bonds. The standard InChI is InChI=1S/C20H22FN3O2/c21-17-4-1-3-16(14-17)20(26)24-10-2-9-23(11-12-24)19(25)13-15-5-7-18(22)8-6-15/h1,3-8,14H,2,9-13,22H2. The van der Waals surface area contributed by atoms with Gasteiger partial charge in [-0.1, -0.05) is 18.2 Å². The van der Waals surface area contributed by atoms with Crippen LogP contribution in [0.15, 0.2) is 48.5 Å². The lowest BCUT2D eigenvalue weighted by Crippen LogP contribution is -2.38. The van der Waals surface area contributed by atoms with E-state index in [1.165, 1.54) is 18.2 Å². The van der Waals surface area contributed by atoms with Crippen LogP contribution in [-0.2, 0) is 11.2 Å². The Hall–Kier alpha value is -2.89. The second-order valence-electron chi connectivity index (χ2n) is 6.46. The van der Waals surface area contributed by atoms with E-state index in [-0.39, 0.29) is 11.8 Å². The highest BCUT2D eigenvalue weighted by molar-refractivity contribution is 5.94. The summed E-state index contributed by atoms with van der Waals surface area (Å²) in [6.07, 6.45) is 1.02. The van der Waals surface area contributed by atoms with Crippen LogP contribution in [0.4, 0.5) is 10.1 Å². The maximum absolute atomic E-state index is 13.3. The SMILES string of the molecule is Nc1ccc(CC(=O)N2CCCN(C(=O)c3cccc(F)c3)CC2)cc1. The number of nitrogens with two attached hydrogens (primary N) is 1. The molecule has 0 spiro atoms. The monoisotopic (exact) mass is 355 g/mol. The molecule has 0 aliphatic carbocycles. The first kappa shape index (κ1) is 17.9. The molecule has 26 heavy (non-hydrogen) atoms. The van der Waals surface area contributed by atoms with Crippen LogP contribution in [0.5, 0.6) is 0 Å². The Labute approximate surface area is 152 Å². The average Bonchev–Trinajstić information content (AvgIpc) is 2.89. The molecule has 2 aromatic rings. The van der Waals surface area contributed by atoms with Gasteiger partial charge in [0.25, 0.3) is 5.91 Å². The minimum absolute atomic E-state index is 0.0369. The molecular formula is C20H22FN3O2. The fourth-order valence-corrected chi connectivity index (χ4v) is 3.10. The highest BCUT2D eigenvalue weighted by Gasteiger charge is 2.23. The van der Waals surface area contributed by atoms with Crippen LogP contribution in [0, 0.1) is 5.82 Å². The zero-order valence-electron chi connectivity index (χ0n) is 14.5. The maximum Gasteiger partial charge on any atom is 0.254 e. The Morgan fingerprint density at radius 3 is 2.38 bits per heavy atom. The van der Waals surface area contributed by atoms with Crippen LogP contribution >= 0.6 is 0 Å². The molecular weight excluding hydrogens is 333 g/mol. The minimum Gasteiger partial charge on any atom is -0.399 e. The van der Waals surface area contributed by atoms with E-state index in [4.69, 9.17) is 5.73 Å². The van der Waals surface area contributed by atoms with Crippen LogP contribution in [0.1, 0.15) is 22.3 Å². The van der Waals surface area contributed by atoms with Crippen LogP contribution in [-0.4, -0.2) is 47.8 Å². The lowest BCUT2D eigenvalue weighted by Gasteiger charge is -2.22. The average molecular weight is 355 g/mol. The Morgan fingerprint density at radius 2 is 1.65 bits per heavy atom. The summed E-state index contributed by atoms with van der Waals surface area (Å²) in [7, 11) is 0. The molecule has 5 nitrogen and oxygen atoms in total. The number of halogens is 1. The molecule has 0 bridgehead atoms. The molecule has 2 N–H and O–H groups in total. The summed E-state index contributed by atoms with van der Waals surface area (Å²) < 4.78 is 13.3. The predicted octanol–water partition coefficient (Wildman–Crippen LogP) is 2.33. The first-order valence-corrected chi connectivity index (χ1v) is 8.70. The van der Waals surface area contributed by atoms with Gasteiger partial charge in [0.1, 0.15) is 5.82 Å². The maximum atomic E-state index is 13.3. The summed E-state index contributed by atoms with van der Waals surface area (Å²) in [6.45, 7) is 2.10. The molecule has 3 rings (SSSR count). The summed E-state index contributed by atoms with van der Waals surface area (Å²) >= 11 is 0. The third-order valence-corrected chi connectivity index (χ3v) is 4.54. The molecule has 136 valence electrons. The smallest absolute Gasteiger partial charge is 0.254 e. The summed E-state index contributed by atoms with van der Waals surface area (Å²) in [5.41, 5.74) is 7.59. The Morgan fingerprint density at radius 1 is 0.962 bits per heavy atom. The van der Waals surface area contributed by atoms with Crippen LogP contribution in [0.2, 0.25) is 0 Å². The Kier molecular flexibility index (Phi) is 5.51. The van der Waals surface area contributed by atoms with Crippen molar-refractivity contribution in [3.63, 3.8) is 0 Å². The predicted molar refractivity (Wildman–Crippen MR) is 98.1 cm³/mol. The minimum atomic E-state index is -0.425. The lowest BCUT2D eigenvalue weighted by atomic mass is 10.1. The number of amides is 2. The van der Waals surface area contributed by atoms with E-state index in [0.29, 0.717) is 50.3 Å². The van der Waals surface area contributed by atoms with E-state index in [2.05, 4.69) is 0 Å². The quantitative estimate of drug-likeness (QED) is 0.860. The molecule has 0 aromatic heterocycles. The van der Waals surface area contributed by atoms with Gasteiger partial charge in [-0.2, -0.15) is 0 Å². The molecule has 6 heteroatoms. The van der Waals surface area contributed by atoms with Crippen LogP contribution in [0.25, 0.3) is 0 Å². The number of benzene rings is 2. The van der Waals surface area contributed by atoms with Gasteiger partial charge in [0.15, 0.2) is 0 Å². The van der Waals surface area contributed by atoms with Crippen molar-refractivity contribution >= 4 is 17.5 Å². The molecule has 1 aliphatic rings. The molecule has 1 heterocycles. The van der Waals surface area contributed by atoms with E-state index >= 15 is 0 Å². The van der Waals surface area contributed by atoms with E-state index in [1.54, 1.807) is 28.0 Å². The van der Waals surface area contributed by atoms with Crippen LogP contribution in [0.3, 0.4) is 0 Å². The van der Waals surface area contributed by atoms with Crippen molar-refractivity contribution in [1.29, 1.82) is 0 Å². The van der Waals surface area contributed by atoms with Gasteiger partial charge in [-0.05, 0) is 42.3 Å². The number of carbonyl (C=O) groups excluding carboxylic acids is 2. The topological polar surface area (TPSA) is 66.6 Å². The summed E-state index contributed by atoms with van der Waals surface area (Å²) in [4.78, 5) is 28.6. The van der Waals surface area contributed by atoms with Crippen molar-refractivity contribution in [3.8, 4) is 0 Å². The Bertz CT molecular complexity index is 792. The highest BCUT2D eigenvalue weighted by Crippen LogP contribution is 2.13. The summed E-state index contributed by atoms with van der Waals surface area (Å²) in [6, 6.07) is 13.0. The van der Waals surface area contributed by atoms with Crippen molar-refractivity contribution in [2.45, 2.75) is 12.8 Å². The van der Waals surface area contributed by atoms with Gasteiger partial charge in [-0.15, -0.1) is 0 Å². The molecule has 0 atom stereocenters. The molecule has 0 unspecified atom stereocenters. The largest absolute Gasteiger partial charge is 0.399 e. The van der Waals surface area contributed by atoms with E-state index in [1.807, 2.05) is 12.1 Å². The van der Waals surface area contributed by atoms with Gasteiger partial charge in [0.2, 0.25) is 5.91 Å². The van der Waals surface area contributed by atoms with Crippen molar-refractivity contribution in [2.75, 3.05) is 31.9 Å². The molecule has 0 radical (unpaired) electrons. The van der Waals surface area contributed by atoms with Crippen LogP contribution < -0.4 is 5.73 Å². The summed E-state index contributed by atoms with van der Waals surface area (Å²) in [5.74, 6) is -0.585. The van der Waals surface area contributed by atoms with Gasteiger partial charge in [-0.25, -0.2) is 4.39 Å². The van der Waals surface area contributed by atoms with Gasteiger partial charge in [-0.3, -0.25) is 9.59 Å². The number of hydrogen-bond donors (Lipinski definition) is 1. The molecule has 2 aromatic carbocycles. The van der Waals surface area contributed by atoms with Crippen molar-refractivity contribution in [3.05, 3.63) is 65.5 Å². The molecule has 0 saturated carbocycles. The molecule has 1 aliphatic heterocycles. The third-order valence-electron chi connectivity index (χ3n) is 4.54. The summed E-state index contributed by atoms with van der Waals surface area (Å²) in [5, 5.41) is 0. The number of anilines is 1. The van der Waals surface area contributed by atoms with E-state index in [9.17, 15) is 14.0 Å². The number of rotatable bonds is 3. The number of hydrogen-bond acceptors (Lipinski definition) is 3. The first-order chi connectivity index (χ1) is 12.5. The fourth-order valence-electron chi connectivity index (χ4n) is 3.10. The number of nitrogen functional groups attached to an aromatic ring is 1. The number of carbonyl (C=O) groups is 2. The first-order valence-electron chi connectivity index (χ1n) is 8.70. The van der Waals surface area contributed by atoms with E-state index in [0.717, 1.165) is 5.56 Å².